The summed E-state index contributed by atoms with van der Waals surface area (Å²) in [6.07, 6.45) is 0. The number of rotatable bonds is 2. The minimum atomic E-state index is -0.431. The topological polar surface area (TPSA) is 40.6 Å². The Morgan fingerprint density at radius 3 is 1.19 bits per heavy atom. The normalized spacial score (nSPS) is 17.1. The van der Waals surface area contributed by atoms with Crippen molar-refractivity contribution < 1.29 is 9.59 Å². The Morgan fingerprint density at radius 2 is 1.00 bits per heavy atom. The van der Waals surface area contributed by atoms with Crippen LogP contribution in [0.3, 0.4) is 0 Å². The molecule has 6 heteroatoms. The molecular formula is C10H12Cl2N2O2. The number of carbonyl (C=O) groups is 2. The van der Waals surface area contributed by atoms with Crippen molar-refractivity contribution in [2.24, 2.45) is 0 Å². The zero-order valence-corrected chi connectivity index (χ0v) is 11.0. The molecule has 1 aliphatic rings. The Kier molecular flexibility index (Phi) is 3.65. The third-order valence-corrected chi connectivity index (χ3v) is 2.84. The molecule has 0 spiro atoms. The molecule has 1 aliphatic carbocycles. The Bertz CT molecular complexity index is 383. The van der Waals surface area contributed by atoms with E-state index >= 15 is 0 Å². The molecule has 0 bridgehead atoms. The zero-order chi connectivity index (χ0) is 12.6. The van der Waals surface area contributed by atoms with Crippen molar-refractivity contribution in [2.75, 3.05) is 28.2 Å². The minimum absolute atomic E-state index is 0.0944. The molecule has 0 saturated heterocycles. The SMILES string of the molecule is CN(C)C1=C(Cl)C(=O)C(N(C)C)=C(Cl)C1=O. The fraction of sp³-hybridized carbons (Fsp3) is 0.400. The van der Waals surface area contributed by atoms with Crippen molar-refractivity contribution in [2.45, 2.75) is 0 Å². The van der Waals surface area contributed by atoms with E-state index in [1.807, 2.05) is 0 Å². The molecule has 0 radical (unpaired) electrons. The number of ketones is 2. The van der Waals surface area contributed by atoms with E-state index in [4.69, 9.17) is 23.2 Å². The van der Waals surface area contributed by atoms with Gasteiger partial charge in [0, 0.05) is 28.2 Å². The van der Waals surface area contributed by atoms with Crippen LogP contribution in [-0.4, -0.2) is 49.6 Å². The average molecular weight is 263 g/mol. The van der Waals surface area contributed by atoms with Gasteiger partial charge in [-0.15, -0.1) is 0 Å². The predicted molar refractivity (Wildman–Crippen MR) is 63.1 cm³/mol. The first kappa shape index (κ1) is 13.1. The van der Waals surface area contributed by atoms with Crippen LogP contribution in [0.25, 0.3) is 0 Å². The quantitative estimate of drug-likeness (QED) is 0.701. The molecule has 0 aromatic carbocycles. The van der Waals surface area contributed by atoms with Crippen molar-refractivity contribution in [3.8, 4) is 0 Å². The van der Waals surface area contributed by atoms with Gasteiger partial charge in [-0.05, 0) is 0 Å². The number of carbonyl (C=O) groups excluding carboxylic acids is 2. The number of allylic oxidation sites excluding steroid dienone is 2. The van der Waals surface area contributed by atoms with Gasteiger partial charge in [0.1, 0.15) is 21.5 Å². The maximum atomic E-state index is 11.9. The highest BCUT2D eigenvalue weighted by molar-refractivity contribution is 6.55. The maximum Gasteiger partial charge on any atom is 0.224 e. The third-order valence-electron chi connectivity index (χ3n) is 2.14. The molecule has 16 heavy (non-hydrogen) atoms. The summed E-state index contributed by atoms with van der Waals surface area (Å²) in [5, 5.41) is -0.189. The van der Waals surface area contributed by atoms with E-state index in [0.29, 0.717) is 0 Å². The maximum absolute atomic E-state index is 11.9. The van der Waals surface area contributed by atoms with Crippen LogP contribution >= 0.6 is 23.2 Å². The molecule has 0 saturated carbocycles. The Morgan fingerprint density at radius 1 is 0.750 bits per heavy atom. The lowest BCUT2D eigenvalue weighted by Gasteiger charge is -2.25. The molecule has 0 heterocycles. The van der Waals surface area contributed by atoms with E-state index in [1.54, 1.807) is 28.2 Å². The van der Waals surface area contributed by atoms with Crippen molar-refractivity contribution in [3.05, 3.63) is 21.5 Å². The highest BCUT2D eigenvalue weighted by atomic mass is 35.5. The molecule has 0 fully saturated rings. The third kappa shape index (κ3) is 1.95. The molecule has 0 N–H and O–H groups in total. The van der Waals surface area contributed by atoms with Crippen LogP contribution in [-0.2, 0) is 9.59 Å². The summed E-state index contributed by atoms with van der Waals surface area (Å²) in [7, 11) is 6.53. The first-order chi connectivity index (χ1) is 7.29. The van der Waals surface area contributed by atoms with Crippen molar-refractivity contribution in [3.63, 3.8) is 0 Å². The van der Waals surface area contributed by atoms with Gasteiger partial charge in [-0.1, -0.05) is 23.2 Å². The first-order valence-electron chi connectivity index (χ1n) is 4.52. The fourth-order valence-corrected chi connectivity index (χ4v) is 2.11. The molecule has 0 amide bonds. The Labute approximate surface area is 104 Å². The molecule has 1 rings (SSSR count). The van der Waals surface area contributed by atoms with Gasteiger partial charge in [-0.3, -0.25) is 9.59 Å². The Hall–Kier alpha value is -1.00. The largest absolute Gasteiger partial charge is 0.373 e. The second-order valence-corrected chi connectivity index (χ2v) is 4.53. The lowest BCUT2D eigenvalue weighted by molar-refractivity contribution is -0.117. The van der Waals surface area contributed by atoms with Gasteiger partial charge in [0.05, 0.1) is 0 Å². The molecule has 0 aromatic rings. The number of hydrogen-bond acceptors (Lipinski definition) is 4. The summed E-state index contributed by atoms with van der Waals surface area (Å²) in [4.78, 5) is 26.7. The van der Waals surface area contributed by atoms with Crippen molar-refractivity contribution >= 4 is 34.8 Å². The highest BCUT2D eigenvalue weighted by Gasteiger charge is 2.35. The second-order valence-electron chi connectivity index (χ2n) is 3.77. The van der Waals surface area contributed by atoms with E-state index in [2.05, 4.69) is 0 Å². The smallest absolute Gasteiger partial charge is 0.224 e. The highest BCUT2D eigenvalue weighted by Crippen LogP contribution is 2.30. The van der Waals surface area contributed by atoms with Crippen LogP contribution in [0.2, 0.25) is 0 Å². The molecule has 4 nitrogen and oxygen atoms in total. The monoisotopic (exact) mass is 262 g/mol. The number of halogens is 2. The van der Waals surface area contributed by atoms with Gasteiger partial charge >= 0.3 is 0 Å². The lowest BCUT2D eigenvalue weighted by Crippen LogP contribution is -2.32. The van der Waals surface area contributed by atoms with E-state index < -0.39 is 11.6 Å². The van der Waals surface area contributed by atoms with E-state index in [0.717, 1.165) is 0 Å². The van der Waals surface area contributed by atoms with Crippen LogP contribution in [0.15, 0.2) is 21.5 Å². The summed E-state index contributed by atoms with van der Waals surface area (Å²) >= 11 is 11.8. The lowest BCUT2D eigenvalue weighted by atomic mass is 10.0. The summed E-state index contributed by atoms with van der Waals surface area (Å²) in [6.45, 7) is 0. The average Bonchev–Trinajstić information content (AvgIpc) is 2.14. The van der Waals surface area contributed by atoms with Crippen LogP contribution in [0.4, 0.5) is 0 Å². The number of Topliss-reactive ketones (excluding diaryl/α,β-unsaturated/α-hetero) is 2. The Balaban J connectivity index is 3.37. The predicted octanol–water partition coefficient (Wildman–Crippen LogP) is 1.16. The van der Waals surface area contributed by atoms with Crippen LogP contribution in [0.5, 0.6) is 0 Å². The standard InChI is InChI=1S/C10H12Cl2N2O2/c1-13(2)7-5(11)10(16)8(14(3)4)6(12)9(7)15/h1-4H3. The van der Waals surface area contributed by atoms with E-state index in [9.17, 15) is 9.59 Å². The summed E-state index contributed by atoms with van der Waals surface area (Å²) in [6, 6.07) is 0. The molecule has 0 aromatic heterocycles. The number of hydrogen-bond donors (Lipinski definition) is 0. The summed E-state index contributed by atoms with van der Waals surface area (Å²) < 4.78 is 0. The molecule has 88 valence electrons. The molecule has 0 atom stereocenters. The summed E-state index contributed by atoms with van der Waals surface area (Å²) in [5.74, 6) is -0.861. The van der Waals surface area contributed by atoms with E-state index in [-0.39, 0.29) is 21.5 Å². The number of nitrogens with zero attached hydrogens (tertiary/aromatic N) is 2. The fourth-order valence-electron chi connectivity index (χ4n) is 1.42. The van der Waals surface area contributed by atoms with Gasteiger partial charge in [0.2, 0.25) is 11.6 Å². The summed E-state index contributed by atoms with van der Waals surface area (Å²) in [5.41, 5.74) is 0.254. The van der Waals surface area contributed by atoms with Crippen LogP contribution in [0.1, 0.15) is 0 Å². The first-order valence-corrected chi connectivity index (χ1v) is 5.28. The molecular weight excluding hydrogens is 251 g/mol. The van der Waals surface area contributed by atoms with Gasteiger partial charge in [-0.25, -0.2) is 0 Å². The van der Waals surface area contributed by atoms with Gasteiger partial charge in [0.25, 0.3) is 0 Å². The molecule has 0 aliphatic heterocycles. The van der Waals surface area contributed by atoms with Crippen molar-refractivity contribution in [1.29, 1.82) is 0 Å². The zero-order valence-electron chi connectivity index (χ0n) is 9.47. The van der Waals surface area contributed by atoms with Gasteiger partial charge in [-0.2, -0.15) is 0 Å². The van der Waals surface area contributed by atoms with Crippen LogP contribution in [0, 0.1) is 0 Å². The molecule has 0 unspecified atom stereocenters. The minimum Gasteiger partial charge on any atom is -0.373 e. The van der Waals surface area contributed by atoms with Crippen molar-refractivity contribution in [1.82, 2.24) is 9.80 Å². The second kappa shape index (κ2) is 4.47. The van der Waals surface area contributed by atoms with Gasteiger partial charge < -0.3 is 9.80 Å². The van der Waals surface area contributed by atoms with E-state index in [1.165, 1.54) is 9.80 Å². The van der Waals surface area contributed by atoms with Gasteiger partial charge in [0.15, 0.2) is 0 Å². The van der Waals surface area contributed by atoms with Crippen LogP contribution < -0.4 is 0 Å². The number of likely N-dealkylation sites (N-methyl/N-ethyl adjacent to an activating group) is 2.